The highest BCUT2D eigenvalue weighted by Gasteiger charge is 2.35. The van der Waals surface area contributed by atoms with Crippen LogP contribution < -0.4 is 21.6 Å². The van der Waals surface area contributed by atoms with Crippen LogP contribution in [0.1, 0.15) is 23.2 Å². The number of hydrazone groups is 1. The van der Waals surface area contributed by atoms with Crippen molar-refractivity contribution in [2.75, 3.05) is 5.01 Å². The fraction of sp³-hybridized carbons (Fsp3) is 0.263. The molecular weight excluding hydrogens is 365 g/mol. The number of carbonyl (C=O) groups excluding carboxylic acids is 2. The van der Waals surface area contributed by atoms with Gasteiger partial charge in [0, 0.05) is 24.2 Å². The lowest BCUT2D eigenvalue weighted by Gasteiger charge is -2.20. The van der Waals surface area contributed by atoms with Gasteiger partial charge >= 0.3 is 0 Å². The van der Waals surface area contributed by atoms with Crippen molar-refractivity contribution in [1.82, 2.24) is 10.3 Å². The summed E-state index contributed by atoms with van der Waals surface area (Å²) < 4.78 is 13.1. The predicted molar refractivity (Wildman–Crippen MR) is 102 cm³/mol. The summed E-state index contributed by atoms with van der Waals surface area (Å²) in [6.07, 6.45) is 0.0157. The van der Waals surface area contributed by atoms with E-state index in [1.807, 2.05) is 6.07 Å². The van der Waals surface area contributed by atoms with Crippen LogP contribution in [0, 0.1) is 19.7 Å². The molecule has 0 aliphatic carbocycles. The number of primary amides is 1. The zero-order valence-electron chi connectivity index (χ0n) is 15.5. The quantitative estimate of drug-likeness (QED) is 0.707. The van der Waals surface area contributed by atoms with Crippen LogP contribution >= 0.6 is 0 Å². The first-order valence-electron chi connectivity index (χ1n) is 8.65. The molecule has 9 heteroatoms. The molecule has 1 aromatic heterocycles. The molecule has 2 heterocycles. The molecule has 28 heavy (non-hydrogen) atoms. The van der Waals surface area contributed by atoms with Gasteiger partial charge in [0.25, 0.3) is 11.5 Å². The van der Waals surface area contributed by atoms with Gasteiger partial charge in [0.15, 0.2) is 0 Å². The minimum absolute atomic E-state index is 0.0157. The minimum atomic E-state index is -0.851. The first-order chi connectivity index (χ1) is 13.3. The number of halogens is 1. The lowest BCUT2D eigenvalue weighted by atomic mass is 10.1. The zero-order valence-corrected chi connectivity index (χ0v) is 15.5. The first-order valence-corrected chi connectivity index (χ1v) is 8.65. The van der Waals surface area contributed by atoms with Crippen LogP contribution in [-0.2, 0) is 16.1 Å². The molecule has 0 saturated heterocycles. The molecule has 1 atom stereocenters. The van der Waals surface area contributed by atoms with Gasteiger partial charge in [0.2, 0.25) is 5.91 Å². The average Bonchev–Trinajstić information content (AvgIpc) is 3.07. The van der Waals surface area contributed by atoms with Crippen molar-refractivity contribution in [2.45, 2.75) is 32.9 Å². The Morgan fingerprint density at radius 1 is 1.32 bits per heavy atom. The summed E-state index contributed by atoms with van der Waals surface area (Å²) in [5, 5.41) is 8.15. The number of nitrogens with one attached hydrogen (secondary N) is 2. The highest BCUT2D eigenvalue weighted by molar-refractivity contribution is 6.40. The maximum Gasteiger partial charge on any atom is 0.267 e. The molecule has 146 valence electrons. The summed E-state index contributed by atoms with van der Waals surface area (Å²) >= 11 is 0. The Hall–Kier alpha value is -3.49. The standard InChI is InChI=1S/C19H20FN5O3/c1-10-7-11(2)23-18(27)14(10)9-22-19(28)15-8-16(17(21)26)25(24-15)13-5-3-12(20)4-6-13/h3-7,16H,8-9H2,1-2H3,(H2,21,26)(H,22,28)(H,23,27). The number of carbonyl (C=O) groups is 2. The van der Waals surface area contributed by atoms with Crippen LogP contribution in [0.4, 0.5) is 10.1 Å². The molecule has 0 spiro atoms. The number of nitrogens with zero attached hydrogens (tertiary/aromatic N) is 2. The summed E-state index contributed by atoms with van der Waals surface area (Å²) in [5.41, 5.74) is 7.65. The van der Waals surface area contributed by atoms with Gasteiger partial charge in [0.05, 0.1) is 5.69 Å². The number of anilines is 1. The number of rotatable bonds is 5. The van der Waals surface area contributed by atoms with E-state index in [0.29, 0.717) is 11.3 Å². The number of aromatic nitrogens is 1. The number of pyridine rings is 1. The molecule has 8 nitrogen and oxygen atoms in total. The minimum Gasteiger partial charge on any atom is -0.368 e. The Labute approximate surface area is 160 Å². The SMILES string of the molecule is Cc1cc(C)c(CNC(=O)C2=NN(c3ccc(F)cc3)C(C(N)=O)C2)c(=O)[nH]1. The Morgan fingerprint density at radius 3 is 2.61 bits per heavy atom. The van der Waals surface area contributed by atoms with Gasteiger partial charge in [-0.1, -0.05) is 0 Å². The zero-order chi connectivity index (χ0) is 20.4. The van der Waals surface area contributed by atoms with Crippen molar-refractivity contribution < 1.29 is 14.0 Å². The van der Waals surface area contributed by atoms with E-state index in [1.165, 1.54) is 29.3 Å². The number of nitrogens with two attached hydrogens (primary N) is 1. The van der Waals surface area contributed by atoms with Gasteiger partial charge < -0.3 is 16.0 Å². The monoisotopic (exact) mass is 385 g/mol. The van der Waals surface area contributed by atoms with Crippen LogP contribution in [0.5, 0.6) is 0 Å². The molecule has 0 radical (unpaired) electrons. The van der Waals surface area contributed by atoms with Crippen LogP contribution in [0.2, 0.25) is 0 Å². The largest absolute Gasteiger partial charge is 0.368 e. The van der Waals surface area contributed by atoms with E-state index in [-0.39, 0.29) is 24.2 Å². The molecule has 1 aliphatic rings. The number of amides is 2. The second-order valence-corrected chi connectivity index (χ2v) is 6.62. The number of hydrogen-bond donors (Lipinski definition) is 3. The Bertz CT molecular complexity index is 1010. The van der Waals surface area contributed by atoms with E-state index in [4.69, 9.17) is 5.73 Å². The number of H-pyrrole nitrogens is 1. The molecule has 2 amide bonds. The molecule has 1 aromatic carbocycles. The smallest absolute Gasteiger partial charge is 0.267 e. The summed E-state index contributed by atoms with van der Waals surface area (Å²) in [4.78, 5) is 39.0. The van der Waals surface area contributed by atoms with Gasteiger partial charge in [-0.15, -0.1) is 0 Å². The van der Waals surface area contributed by atoms with E-state index in [2.05, 4.69) is 15.4 Å². The van der Waals surface area contributed by atoms with Crippen molar-refractivity contribution in [3.8, 4) is 0 Å². The van der Waals surface area contributed by atoms with Crippen molar-refractivity contribution in [3.05, 3.63) is 63.3 Å². The fourth-order valence-corrected chi connectivity index (χ4v) is 3.07. The number of aromatic amines is 1. The molecule has 0 fully saturated rings. The normalized spacial score (nSPS) is 16.0. The van der Waals surface area contributed by atoms with Crippen LogP contribution in [0.25, 0.3) is 0 Å². The fourth-order valence-electron chi connectivity index (χ4n) is 3.07. The van der Waals surface area contributed by atoms with Gasteiger partial charge in [-0.25, -0.2) is 4.39 Å². The second-order valence-electron chi connectivity index (χ2n) is 6.62. The summed E-state index contributed by atoms with van der Waals surface area (Å²) in [7, 11) is 0. The number of benzene rings is 1. The van der Waals surface area contributed by atoms with Crippen molar-refractivity contribution in [1.29, 1.82) is 0 Å². The highest BCUT2D eigenvalue weighted by Crippen LogP contribution is 2.25. The van der Waals surface area contributed by atoms with Gasteiger partial charge in [0.1, 0.15) is 17.6 Å². The van der Waals surface area contributed by atoms with E-state index in [0.717, 1.165) is 11.3 Å². The van der Waals surface area contributed by atoms with Crippen LogP contribution in [0.3, 0.4) is 0 Å². The maximum absolute atomic E-state index is 13.1. The summed E-state index contributed by atoms with van der Waals surface area (Å²) in [6.45, 7) is 3.59. The van der Waals surface area contributed by atoms with Gasteiger partial charge in [-0.2, -0.15) is 5.10 Å². The van der Waals surface area contributed by atoms with E-state index >= 15 is 0 Å². The van der Waals surface area contributed by atoms with Crippen LogP contribution in [-0.4, -0.2) is 28.6 Å². The van der Waals surface area contributed by atoms with E-state index in [1.54, 1.807) is 13.8 Å². The lowest BCUT2D eigenvalue weighted by Crippen LogP contribution is -2.40. The highest BCUT2D eigenvalue weighted by atomic mass is 19.1. The average molecular weight is 385 g/mol. The molecule has 1 unspecified atom stereocenters. The number of aryl methyl sites for hydroxylation is 2. The summed E-state index contributed by atoms with van der Waals surface area (Å²) in [6, 6.07) is 6.32. The van der Waals surface area contributed by atoms with Gasteiger partial charge in [-0.3, -0.25) is 19.4 Å². The van der Waals surface area contributed by atoms with Crippen LogP contribution in [0.15, 0.2) is 40.2 Å². The Balaban J connectivity index is 1.78. The molecule has 0 bridgehead atoms. The van der Waals surface area contributed by atoms with Crippen molar-refractivity contribution in [2.24, 2.45) is 10.8 Å². The lowest BCUT2D eigenvalue weighted by molar-refractivity contribution is -0.119. The third-order valence-corrected chi connectivity index (χ3v) is 4.51. The Kier molecular flexibility index (Phi) is 5.25. The van der Waals surface area contributed by atoms with E-state index in [9.17, 15) is 18.8 Å². The molecule has 3 rings (SSSR count). The first kappa shape index (κ1) is 19.3. The van der Waals surface area contributed by atoms with Gasteiger partial charge in [-0.05, 0) is 49.7 Å². The Morgan fingerprint density at radius 2 is 2.00 bits per heavy atom. The van der Waals surface area contributed by atoms with E-state index < -0.39 is 23.7 Å². The summed E-state index contributed by atoms with van der Waals surface area (Å²) in [5.74, 6) is -1.59. The maximum atomic E-state index is 13.1. The second kappa shape index (κ2) is 7.63. The molecule has 1 aliphatic heterocycles. The molecule has 4 N–H and O–H groups in total. The topological polar surface area (TPSA) is 121 Å². The molecular formula is C19H20FN5O3. The molecule has 2 aromatic rings. The third kappa shape index (κ3) is 3.93. The third-order valence-electron chi connectivity index (χ3n) is 4.51. The van der Waals surface area contributed by atoms with Crippen molar-refractivity contribution >= 4 is 23.2 Å². The molecule has 0 saturated carbocycles. The van der Waals surface area contributed by atoms with Crippen molar-refractivity contribution in [3.63, 3.8) is 0 Å². The predicted octanol–water partition coefficient (Wildman–Crippen LogP) is 0.867. The number of hydrogen-bond acceptors (Lipinski definition) is 5.